The second kappa shape index (κ2) is 5.80. The van der Waals surface area contributed by atoms with Gasteiger partial charge < -0.3 is 0 Å². The lowest BCUT2D eigenvalue weighted by molar-refractivity contribution is 0.697. The van der Waals surface area contributed by atoms with Gasteiger partial charge in [0.2, 0.25) is 0 Å². The van der Waals surface area contributed by atoms with Crippen LogP contribution >= 0.6 is 0 Å². The summed E-state index contributed by atoms with van der Waals surface area (Å²) >= 11 is 0. The molecule has 0 aliphatic heterocycles. The van der Waals surface area contributed by atoms with Gasteiger partial charge in [-0.1, -0.05) is 36.4 Å². The molecule has 1 heterocycles. The zero-order chi connectivity index (χ0) is 15.7. The van der Waals surface area contributed by atoms with Crippen LogP contribution in [0.4, 0.5) is 0 Å². The Hall–Kier alpha value is -2.35. The Balaban J connectivity index is 2.10. The lowest BCUT2D eigenvalue weighted by Crippen LogP contribution is -2.05. The van der Waals surface area contributed by atoms with Crippen molar-refractivity contribution in [3.8, 4) is 0 Å². The summed E-state index contributed by atoms with van der Waals surface area (Å²) in [5.41, 5.74) is 7.59. The van der Waals surface area contributed by atoms with E-state index in [1.54, 1.807) is 0 Å². The molecule has 2 aromatic carbocycles. The first kappa shape index (κ1) is 14.6. The van der Waals surface area contributed by atoms with Gasteiger partial charge in [-0.2, -0.15) is 5.10 Å². The highest BCUT2D eigenvalue weighted by molar-refractivity contribution is 5.82. The van der Waals surface area contributed by atoms with Crippen LogP contribution in [0.2, 0.25) is 0 Å². The highest BCUT2D eigenvalue weighted by Crippen LogP contribution is 2.23. The maximum Gasteiger partial charge on any atom is 0.0692 e. The number of hydrogen-bond donors (Lipinski definition) is 0. The molecule has 0 unspecified atom stereocenters. The molecular weight excluding hydrogens is 268 g/mol. The van der Waals surface area contributed by atoms with Gasteiger partial charge in [0.15, 0.2) is 0 Å². The Bertz CT molecular complexity index is 820. The molecule has 0 radical (unpaired) electrons. The number of rotatable bonds is 4. The summed E-state index contributed by atoms with van der Waals surface area (Å²) in [7, 11) is 0. The average Bonchev–Trinajstić information content (AvgIpc) is 2.80. The summed E-state index contributed by atoms with van der Waals surface area (Å²) < 4.78 is 2.13. The number of aryl methyl sites for hydroxylation is 3. The van der Waals surface area contributed by atoms with E-state index in [4.69, 9.17) is 5.10 Å². The minimum atomic E-state index is 0.820. The smallest absolute Gasteiger partial charge is 0.0692 e. The van der Waals surface area contributed by atoms with E-state index in [0.29, 0.717) is 0 Å². The molecular formula is C20H22N2. The minimum Gasteiger partial charge on any atom is -0.260 e. The van der Waals surface area contributed by atoms with Gasteiger partial charge in [0.1, 0.15) is 0 Å². The molecule has 0 aliphatic carbocycles. The molecule has 0 amide bonds. The minimum absolute atomic E-state index is 0.820. The third-order valence-corrected chi connectivity index (χ3v) is 4.33. The maximum atomic E-state index is 4.76. The van der Waals surface area contributed by atoms with Crippen molar-refractivity contribution in [3.05, 3.63) is 77.0 Å². The number of benzene rings is 2. The van der Waals surface area contributed by atoms with Crippen LogP contribution in [-0.2, 0) is 13.0 Å². The third kappa shape index (κ3) is 2.57. The topological polar surface area (TPSA) is 17.8 Å². The van der Waals surface area contributed by atoms with Gasteiger partial charge in [0, 0.05) is 5.39 Å². The molecule has 22 heavy (non-hydrogen) atoms. The molecule has 3 rings (SSSR count). The molecule has 1 aromatic heterocycles. The van der Waals surface area contributed by atoms with Crippen molar-refractivity contribution >= 4 is 10.9 Å². The second-order valence-electron chi connectivity index (χ2n) is 5.96. The Labute approximate surface area is 132 Å². The molecule has 0 atom stereocenters. The van der Waals surface area contributed by atoms with Crippen LogP contribution in [0.1, 0.15) is 27.9 Å². The summed E-state index contributed by atoms with van der Waals surface area (Å²) in [6, 6.07) is 13.0. The van der Waals surface area contributed by atoms with Crippen LogP contribution in [0.25, 0.3) is 10.9 Å². The van der Waals surface area contributed by atoms with E-state index in [0.717, 1.165) is 18.7 Å². The molecule has 0 saturated carbocycles. The zero-order valence-electron chi connectivity index (χ0n) is 13.6. The fourth-order valence-electron chi connectivity index (χ4n) is 3.05. The van der Waals surface area contributed by atoms with E-state index < -0.39 is 0 Å². The van der Waals surface area contributed by atoms with E-state index in [2.05, 4.69) is 68.4 Å². The lowest BCUT2D eigenvalue weighted by atomic mass is 10.0. The van der Waals surface area contributed by atoms with Gasteiger partial charge in [-0.3, -0.25) is 4.68 Å². The van der Waals surface area contributed by atoms with Crippen molar-refractivity contribution in [1.29, 1.82) is 0 Å². The fourth-order valence-corrected chi connectivity index (χ4v) is 3.05. The first-order valence-corrected chi connectivity index (χ1v) is 7.72. The van der Waals surface area contributed by atoms with Crippen LogP contribution in [0.3, 0.4) is 0 Å². The van der Waals surface area contributed by atoms with Crippen LogP contribution in [-0.4, -0.2) is 9.78 Å². The Morgan fingerprint density at radius 2 is 1.82 bits per heavy atom. The van der Waals surface area contributed by atoms with Crippen molar-refractivity contribution < 1.29 is 0 Å². The van der Waals surface area contributed by atoms with Gasteiger partial charge in [-0.05, 0) is 55.5 Å². The van der Waals surface area contributed by atoms with Gasteiger partial charge >= 0.3 is 0 Å². The number of fused-ring (bicyclic) bond motifs is 1. The molecule has 0 fully saturated rings. The molecule has 0 aliphatic rings. The number of hydrogen-bond acceptors (Lipinski definition) is 1. The Morgan fingerprint density at radius 3 is 2.50 bits per heavy atom. The molecule has 3 aromatic rings. The Kier molecular flexibility index (Phi) is 3.84. The summed E-state index contributed by atoms with van der Waals surface area (Å²) in [5, 5.41) is 5.99. The van der Waals surface area contributed by atoms with E-state index >= 15 is 0 Å². The monoisotopic (exact) mass is 290 g/mol. The summed E-state index contributed by atoms with van der Waals surface area (Å²) in [5.74, 6) is 0. The first-order chi connectivity index (χ1) is 10.6. The highest BCUT2D eigenvalue weighted by atomic mass is 15.3. The molecule has 112 valence electrons. The van der Waals surface area contributed by atoms with Gasteiger partial charge in [0.25, 0.3) is 0 Å². The predicted octanol–water partition coefficient (Wildman–Crippen LogP) is 4.74. The predicted molar refractivity (Wildman–Crippen MR) is 93.4 cm³/mol. The number of aromatic nitrogens is 2. The maximum absolute atomic E-state index is 4.76. The molecule has 2 nitrogen and oxygen atoms in total. The molecule has 0 saturated heterocycles. The standard InChI is InChI=1S/C20H22N2/c1-5-7-17-10-11-18-16(4)21-22(20(18)12-17)13-19-14(2)8-6-9-15(19)3/h5-6,8-12H,1,7,13H2,2-4H3. The normalized spacial score (nSPS) is 11.0. The van der Waals surface area contributed by atoms with Crippen LogP contribution in [0.15, 0.2) is 49.1 Å². The van der Waals surface area contributed by atoms with Gasteiger partial charge in [-0.25, -0.2) is 0 Å². The van der Waals surface area contributed by atoms with Crippen molar-refractivity contribution in [2.75, 3.05) is 0 Å². The van der Waals surface area contributed by atoms with E-state index in [-0.39, 0.29) is 0 Å². The fraction of sp³-hybridized carbons (Fsp3) is 0.250. The van der Waals surface area contributed by atoms with Crippen molar-refractivity contribution in [3.63, 3.8) is 0 Å². The van der Waals surface area contributed by atoms with E-state index in [1.807, 2.05) is 6.08 Å². The molecule has 2 heteroatoms. The van der Waals surface area contributed by atoms with Crippen molar-refractivity contribution in [1.82, 2.24) is 9.78 Å². The number of nitrogens with zero attached hydrogens (tertiary/aromatic N) is 2. The summed E-state index contributed by atoms with van der Waals surface area (Å²) in [6.45, 7) is 11.1. The lowest BCUT2D eigenvalue weighted by Gasteiger charge is -2.11. The van der Waals surface area contributed by atoms with Gasteiger partial charge in [-0.15, -0.1) is 6.58 Å². The molecule has 0 N–H and O–H groups in total. The van der Waals surface area contributed by atoms with Gasteiger partial charge in [0.05, 0.1) is 17.8 Å². The van der Waals surface area contributed by atoms with Crippen molar-refractivity contribution in [2.24, 2.45) is 0 Å². The summed E-state index contributed by atoms with van der Waals surface area (Å²) in [4.78, 5) is 0. The quantitative estimate of drug-likeness (QED) is 0.635. The van der Waals surface area contributed by atoms with E-state index in [9.17, 15) is 0 Å². The average molecular weight is 290 g/mol. The largest absolute Gasteiger partial charge is 0.260 e. The van der Waals surface area contributed by atoms with Crippen molar-refractivity contribution in [2.45, 2.75) is 33.7 Å². The third-order valence-electron chi connectivity index (χ3n) is 4.33. The zero-order valence-corrected chi connectivity index (χ0v) is 13.6. The van der Waals surface area contributed by atoms with Crippen LogP contribution < -0.4 is 0 Å². The first-order valence-electron chi connectivity index (χ1n) is 7.72. The highest BCUT2D eigenvalue weighted by Gasteiger charge is 2.10. The summed E-state index contributed by atoms with van der Waals surface area (Å²) in [6.07, 6.45) is 2.84. The Morgan fingerprint density at radius 1 is 1.09 bits per heavy atom. The SMILES string of the molecule is C=CCc1ccc2c(C)nn(Cc3c(C)cccc3C)c2c1. The van der Waals surface area contributed by atoms with Crippen LogP contribution in [0, 0.1) is 20.8 Å². The molecule has 0 bridgehead atoms. The number of allylic oxidation sites excluding steroid dienone is 1. The van der Waals surface area contributed by atoms with E-state index in [1.165, 1.54) is 33.2 Å². The molecule has 0 spiro atoms. The van der Waals surface area contributed by atoms with Crippen LogP contribution in [0.5, 0.6) is 0 Å². The second-order valence-corrected chi connectivity index (χ2v) is 5.96.